The zero-order valence-corrected chi connectivity index (χ0v) is 7.21. The first kappa shape index (κ1) is 9.43. The van der Waals surface area contributed by atoms with Gasteiger partial charge in [-0.05, 0) is 12.1 Å². The van der Waals surface area contributed by atoms with Crippen LogP contribution in [0.4, 0.5) is 0 Å². The molecular weight excluding hydrogens is 313 g/mol. The maximum Gasteiger partial charge on any atom is 0.335 e. The van der Waals surface area contributed by atoms with Crippen LogP contribution in [-0.4, -0.2) is 11.1 Å². The van der Waals surface area contributed by atoms with Crippen molar-refractivity contribution in [3.8, 4) is 0 Å². The molecule has 1 radical (unpaired) electrons. The molecule has 0 unspecified atom stereocenters. The zero-order valence-electron chi connectivity index (χ0n) is 5.04. The first-order chi connectivity index (χ1) is 4.30. The first-order valence-corrected chi connectivity index (χ1v) is 2.59. The molecule has 0 saturated heterocycles. The van der Waals surface area contributed by atoms with Crippen molar-refractivity contribution < 1.29 is 32.3 Å². The molecule has 0 aliphatic rings. The molecule has 0 spiro atoms. The Bertz CT molecular complexity index is 208. The van der Waals surface area contributed by atoms with E-state index in [0.29, 0.717) is 5.56 Å². The molecule has 0 saturated carbocycles. The van der Waals surface area contributed by atoms with Crippen molar-refractivity contribution in [1.29, 1.82) is 0 Å². The summed E-state index contributed by atoms with van der Waals surface area (Å²) in [4.78, 5) is 10.2. The molecule has 3 heteroatoms. The van der Waals surface area contributed by atoms with E-state index in [-0.39, 0.29) is 22.4 Å². The van der Waals surface area contributed by atoms with Gasteiger partial charge in [0.1, 0.15) is 0 Å². The number of carboxylic acid groups (broad SMARTS) is 1. The number of benzene rings is 1. The van der Waals surface area contributed by atoms with Crippen LogP contribution in [0.2, 0.25) is 0 Å². The summed E-state index contributed by atoms with van der Waals surface area (Å²) in [5, 5.41) is 8.38. The summed E-state index contributed by atoms with van der Waals surface area (Å²) in [5.74, 6) is -0.879. The van der Waals surface area contributed by atoms with E-state index in [4.69, 9.17) is 5.11 Å². The predicted octanol–water partition coefficient (Wildman–Crippen LogP) is 1.38. The third-order valence-corrected chi connectivity index (χ3v) is 1.02. The largest absolute Gasteiger partial charge is 0.478 e. The molecule has 0 heterocycles. The van der Waals surface area contributed by atoms with Crippen LogP contribution in [-0.2, 0) is 22.4 Å². The average Bonchev–Trinajstić information content (AvgIpc) is 1.90. The van der Waals surface area contributed by atoms with Crippen LogP contribution < -0.4 is 0 Å². The molecule has 0 aliphatic heterocycles. The topological polar surface area (TPSA) is 37.3 Å². The summed E-state index contributed by atoms with van der Waals surface area (Å²) in [5.41, 5.74) is 0.331. The molecule has 0 bridgehead atoms. The quantitative estimate of drug-likeness (QED) is 0.794. The van der Waals surface area contributed by atoms with Gasteiger partial charge in [0, 0.05) is 22.4 Å². The maximum absolute atomic E-state index is 10.2. The molecule has 1 rings (SSSR count). The predicted molar refractivity (Wildman–Crippen MR) is 33.4 cm³/mol. The van der Waals surface area contributed by atoms with Crippen LogP contribution in [0.15, 0.2) is 30.3 Å². The molecule has 1 aromatic rings. The van der Waals surface area contributed by atoms with E-state index in [1.807, 2.05) is 0 Å². The van der Waals surface area contributed by atoms with Gasteiger partial charge in [0.2, 0.25) is 0 Å². The molecule has 0 aliphatic carbocycles. The Hall–Kier alpha value is -0.570. The summed E-state index contributed by atoms with van der Waals surface area (Å²) in [6, 6.07) is 8.30. The van der Waals surface area contributed by atoms with Gasteiger partial charge >= 0.3 is 5.97 Å². The van der Waals surface area contributed by atoms with Gasteiger partial charge in [-0.15, -0.1) is 0 Å². The third-order valence-electron chi connectivity index (χ3n) is 1.02. The van der Waals surface area contributed by atoms with Gasteiger partial charge in [0.05, 0.1) is 5.56 Å². The van der Waals surface area contributed by atoms with E-state index >= 15 is 0 Å². The van der Waals surface area contributed by atoms with E-state index in [1.54, 1.807) is 30.3 Å². The maximum atomic E-state index is 10.2. The fraction of sp³-hybridized carbons (Fsp3) is 0. The minimum atomic E-state index is -0.879. The monoisotopic (exact) mass is 319 g/mol. The molecule has 1 aromatic carbocycles. The molecule has 2 nitrogen and oxygen atoms in total. The van der Waals surface area contributed by atoms with Crippen LogP contribution in [0, 0.1) is 0 Å². The number of rotatable bonds is 1. The Kier molecular flexibility index (Phi) is 4.03. The molecule has 57 valence electrons. The number of hydrogen-bond donors (Lipinski definition) is 1. The summed E-state index contributed by atoms with van der Waals surface area (Å²) in [6.45, 7) is 0. The smallest absolute Gasteiger partial charge is 0.335 e. The molecule has 0 fully saturated rings. The molecule has 1 N–H and O–H groups in total. The van der Waals surface area contributed by atoms with Gasteiger partial charge in [-0.1, -0.05) is 18.2 Å². The van der Waals surface area contributed by atoms with Crippen molar-refractivity contribution in [2.75, 3.05) is 0 Å². The molecular formula is C7H6AuO2. The van der Waals surface area contributed by atoms with Crippen molar-refractivity contribution >= 4 is 5.97 Å². The Morgan fingerprint density at radius 3 is 2.00 bits per heavy atom. The van der Waals surface area contributed by atoms with Gasteiger partial charge in [0.15, 0.2) is 0 Å². The third kappa shape index (κ3) is 2.35. The SMILES string of the molecule is O=C(O)c1ccccc1.[Au]. The number of aromatic carboxylic acids is 1. The van der Waals surface area contributed by atoms with E-state index in [0.717, 1.165) is 0 Å². The second kappa shape index (κ2) is 4.28. The second-order valence-electron chi connectivity index (χ2n) is 1.67. The van der Waals surface area contributed by atoms with Gasteiger partial charge in [-0.2, -0.15) is 0 Å². The molecule has 0 atom stereocenters. The number of carboxylic acids is 1. The van der Waals surface area contributed by atoms with Gasteiger partial charge < -0.3 is 5.11 Å². The Morgan fingerprint density at radius 2 is 1.70 bits per heavy atom. The summed E-state index contributed by atoms with van der Waals surface area (Å²) in [7, 11) is 0. The molecule has 0 amide bonds. The van der Waals surface area contributed by atoms with Gasteiger partial charge in [0.25, 0.3) is 0 Å². The van der Waals surface area contributed by atoms with Crippen LogP contribution in [0.1, 0.15) is 10.4 Å². The number of hydrogen-bond acceptors (Lipinski definition) is 1. The molecule has 10 heavy (non-hydrogen) atoms. The van der Waals surface area contributed by atoms with Crippen molar-refractivity contribution in [1.82, 2.24) is 0 Å². The zero-order chi connectivity index (χ0) is 6.69. The van der Waals surface area contributed by atoms with E-state index in [2.05, 4.69) is 0 Å². The fourth-order valence-electron chi connectivity index (χ4n) is 0.581. The first-order valence-electron chi connectivity index (χ1n) is 2.59. The van der Waals surface area contributed by atoms with Crippen LogP contribution in [0.3, 0.4) is 0 Å². The average molecular weight is 319 g/mol. The minimum absolute atomic E-state index is 0. The molecule has 0 aromatic heterocycles. The van der Waals surface area contributed by atoms with Crippen LogP contribution in [0.25, 0.3) is 0 Å². The van der Waals surface area contributed by atoms with Crippen LogP contribution >= 0.6 is 0 Å². The summed E-state index contributed by atoms with van der Waals surface area (Å²) >= 11 is 0. The van der Waals surface area contributed by atoms with Crippen molar-refractivity contribution in [2.24, 2.45) is 0 Å². The standard InChI is InChI=1S/C7H6O2.Au/c8-7(9)6-4-2-1-3-5-6;/h1-5H,(H,8,9);. The van der Waals surface area contributed by atoms with E-state index < -0.39 is 5.97 Å². The minimum Gasteiger partial charge on any atom is -0.478 e. The normalized spacial score (nSPS) is 8.00. The summed E-state index contributed by atoms with van der Waals surface area (Å²) in [6.07, 6.45) is 0. The van der Waals surface area contributed by atoms with Crippen molar-refractivity contribution in [3.05, 3.63) is 35.9 Å². The van der Waals surface area contributed by atoms with Crippen molar-refractivity contribution in [3.63, 3.8) is 0 Å². The van der Waals surface area contributed by atoms with Crippen LogP contribution in [0.5, 0.6) is 0 Å². The fourth-order valence-corrected chi connectivity index (χ4v) is 0.581. The Balaban J connectivity index is 0.000000810. The van der Waals surface area contributed by atoms with Gasteiger partial charge in [-0.25, -0.2) is 4.79 Å². The number of carbonyl (C=O) groups is 1. The Morgan fingerprint density at radius 1 is 1.20 bits per heavy atom. The summed E-state index contributed by atoms with van der Waals surface area (Å²) < 4.78 is 0. The van der Waals surface area contributed by atoms with Crippen molar-refractivity contribution in [2.45, 2.75) is 0 Å². The van der Waals surface area contributed by atoms with Gasteiger partial charge in [-0.3, -0.25) is 0 Å². The van der Waals surface area contributed by atoms with E-state index in [1.165, 1.54) is 0 Å². The Labute approximate surface area is 74.4 Å². The van der Waals surface area contributed by atoms with E-state index in [9.17, 15) is 4.79 Å². The second-order valence-corrected chi connectivity index (χ2v) is 1.67.